The highest BCUT2D eigenvalue weighted by atomic mass is 32.2. The second-order valence-electron chi connectivity index (χ2n) is 6.90. The Balaban J connectivity index is 1.60. The minimum Gasteiger partial charge on any atom is -0.504 e. The third-order valence-electron chi connectivity index (χ3n) is 4.72. The number of amides is 1. The van der Waals surface area contributed by atoms with Crippen LogP contribution in [-0.2, 0) is 5.75 Å². The van der Waals surface area contributed by atoms with Crippen molar-refractivity contribution in [3.8, 4) is 17.3 Å². The van der Waals surface area contributed by atoms with E-state index in [0.29, 0.717) is 28.5 Å². The van der Waals surface area contributed by atoms with Crippen LogP contribution >= 0.6 is 11.8 Å². The first-order valence-corrected chi connectivity index (χ1v) is 10.9. The third kappa shape index (κ3) is 4.83. The lowest BCUT2D eigenvalue weighted by Gasteiger charge is -2.07. The first kappa shape index (κ1) is 22.8. The highest BCUT2D eigenvalue weighted by molar-refractivity contribution is 7.98. The molecule has 2 aromatic heterocycles. The van der Waals surface area contributed by atoms with E-state index in [2.05, 4.69) is 35.8 Å². The van der Waals surface area contributed by atoms with Crippen LogP contribution in [0.4, 0.5) is 5.82 Å². The van der Waals surface area contributed by atoms with Gasteiger partial charge >= 0.3 is 0 Å². The Bertz CT molecular complexity index is 1340. The zero-order chi connectivity index (χ0) is 24.1. The number of nitrogens with one attached hydrogen (secondary N) is 1. The fourth-order valence-corrected chi connectivity index (χ4v) is 3.85. The molecule has 0 aliphatic rings. The van der Waals surface area contributed by atoms with Gasteiger partial charge in [0.2, 0.25) is 11.6 Å². The van der Waals surface area contributed by atoms with E-state index in [1.165, 1.54) is 29.6 Å². The minimum atomic E-state index is -0.574. The number of rotatable bonds is 8. The zero-order valence-corrected chi connectivity index (χ0v) is 19.0. The number of benzene rings is 2. The maximum Gasteiger partial charge on any atom is 0.293 e. The van der Waals surface area contributed by atoms with Crippen LogP contribution < -0.4 is 15.9 Å². The molecule has 4 N–H and O–H groups in total. The summed E-state index contributed by atoms with van der Waals surface area (Å²) < 4.78 is 11.1. The predicted octanol–water partition coefficient (Wildman–Crippen LogP) is 2.39. The van der Waals surface area contributed by atoms with E-state index in [0.717, 1.165) is 4.90 Å². The quantitative estimate of drug-likeness (QED) is 0.193. The van der Waals surface area contributed by atoms with Crippen molar-refractivity contribution in [1.29, 1.82) is 0 Å². The molecule has 0 fully saturated rings. The lowest BCUT2D eigenvalue weighted by atomic mass is 10.1. The van der Waals surface area contributed by atoms with Crippen molar-refractivity contribution in [2.75, 3.05) is 12.8 Å². The van der Waals surface area contributed by atoms with Crippen LogP contribution in [0.2, 0.25) is 0 Å². The maximum absolute atomic E-state index is 13.0. The van der Waals surface area contributed by atoms with Gasteiger partial charge in [-0.1, -0.05) is 23.4 Å². The summed E-state index contributed by atoms with van der Waals surface area (Å²) in [5.74, 6) is 0.200. The molecule has 34 heavy (non-hydrogen) atoms. The summed E-state index contributed by atoms with van der Waals surface area (Å²) in [5, 5.41) is 29.3. The number of aromatic hydroxyl groups is 1. The van der Waals surface area contributed by atoms with Crippen molar-refractivity contribution < 1.29 is 19.3 Å². The first-order valence-electron chi connectivity index (χ1n) is 9.90. The Morgan fingerprint density at radius 2 is 2.06 bits per heavy atom. The van der Waals surface area contributed by atoms with E-state index >= 15 is 0 Å². The van der Waals surface area contributed by atoms with Gasteiger partial charge in [0.15, 0.2) is 17.2 Å². The molecule has 0 aliphatic carbocycles. The maximum atomic E-state index is 13.0. The Morgan fingerprint density at radius 1 is 1.26 bits per heavy atom. The van der Waals surface area contributed by atoms with Crippen LogP contribution in [0.1, 0.15) is 28.7 Å². The van der Waals surface area contributed by atoms with Gasteiger partial charge in [0.05, 0.1) is 18.5 Å². The number of nitrogen functional groups attached to an aromatic ring is 1. The fraction of sp³-hybridized carbons (Fsp3) is 0.143. The first-order chi connectivity index (χ1) is 16.5. The summed E-state index contributed by atoms with van der Waals surface area (Å²) in [7, 11) is 1.45. The SMILES string of the molecule is COc1cc(/C(C)=N\NC(=O)c2nnn(-c3nonc3N)c2CSc2ccccc2)ccc1O. The average molecular weight is 481 g/mol. The van der Waals surface area contributed by atoms with E-state index in [9.17, 15) is 9.90 Å². The second-order valence-corrected chi connectivity index (χ2v) is 7.94. The summed E-state index contributed by atoms with van der Waals surface area (Å²) in [5.41, 5.74) is 9.94. The lowest BCUT2D eigenvalue weighted by Crippen LogP contribution is -2.21. The van der Waals surface area contributed by atoms with Crippen molar-refractivity contribution >= 4 is 29.2 Å². The van der Waals surface area contributed by atoms with E-state index in [4.69, 9.17) is 10.5 Å². The lowest BCUT2D eigenvalue weighted by molar-refractivity contribution is 0.0949. The molecule has 0 saturated carbocycles. The predicted molar refractivity (Wildman–Crippen MR) is 124 cm³/mol. The number of thioether (sulfide) groups is 1. The van der Waals surface area contributed by atoms with E-state index in [-0.39, 0.29) is 23.1 Å². The smallest absolute Gasteiger partial charge is 0.293 e. The number of anilines is 1. The molecule has 0 saturated heterocycles. The minimum absolute atomic E-state index is 0.00174. The van der Waals surface area contributed by atoms with Gasteiger partial charge in [0, 0.05) is 16.2 Å². The van der Waals surface area contributed by atoms with Crippen LogP contribution in [0.15, 0.2) is 63.2 Å². The number of methoxy groups -OCH3 is 1. The molecule has 1 amide bonds. The summed E-state index contributed by atoms with van der Waals surface area (Å²) in [6.45, 7) is 1.71. The number of phenolic OH excluding ortho intramolecular Hbond substituents is 1. The molecule has 4 aromatic rings. The Hall–Kier alpha value is -4.39. The van der Waals surface area contributed by atoms with Crippen LogP contribution in [0.5, 0.6) is 11.5 Å². The Morgan fingerprint density at radius 3 is 2.76 bits per heavy atom. The van der Waals surface area contributed by atoms with Crippen molar-refractivity contribution in [3.05, 3.63) is 65.5 Å². The van der Waals surface area contributed by atoms with Crippen molar-refractivity contribution in [2.24, 2.45) is 5.10 Å². The van der Waals surface area contributed by atoms with Gasteiger partial charge in [-0.3, -0.25) is 4.79 Å². The van der Waals surface area contributed by atoms with Crippen LogP contribution in [-0.4, -0.2) is 49.1 Å². The van der Waals surface area contributed by atoms with Gasteiger partial charge in [-0.25, -0.2) is 10.1 Å². The number of ether oxygens (including phenoxy) is 1. The number of hydrazone groups is 1. The van der Waals surface area contributed by atoms with Gasteiger partial charge in [-0.2, -0.15) is 9.78 Å². The summed E-state index contributed by atoms with van der Waals surface area (Å²) in [4.78, 5) is 13.9. The number of hydrogen-bond acceptors (Lipinski definition) is 11. The number of nitrogens with zero attached hydrogens (tertiary/aromatic N) is 6. The number of aromatic nitrogens is 5. The Kier molecular flexibility index (Phi) is 6.73. The van der Waals surface area contributed by atoms with Crippen LogP contribution in [0.25, 0.3) is 5.82 Å². The van der Waals surface area contributed by atoms with E-state index in [1.54, 1.807) is 19.1 Å². The van der Waals surface area contributed by atoms with Crippen molar-refractivity contribution in [3.63, 3.8) is 0 Å². The highest BCUT2D eigenvalue weighted by Crippen LogP contribution is 2.27. The van der Waals surface area contributed by atoms with Crippen molar-refractivity contribution in [1.82, 2.24) is 30.7 Å². The van der Waals surface area contributed by atoms with E-state index < -0.39 is 5.91 Å². The number of phenols is 1. The normalized spacial score (nSPS) is 11.4. The molecule has 0 spiro atoms. The summed E-state index contributed by atoms with van der Waals surface area (Å²) in [6.07, 6.45) is 0. The second kappa shape index (κ2) is 10.0. The molecule has 2 heterocycles. The largest absolute Gasteiger partial charge is 0.504 e. The molecular formula is C21H20N8O4S. The topological polar surface area (TPSA) is 167 Å². The zero-order valence-electron chi connectivity index (χ0n) is 18.2. The average Bonchev–Trinajstić information content (AvgIpc) is 3.47. The molecule has 13 heteroatoms. The molecule has 0 unspecified atom stereocenters. The van der Waals surface area contributed by atoms with Gasteiger partial charge in [0.1, 0.15) is 0 Å². The highest BCUT2D eigenvalue weighted by Gasteiger charge is 2.24. The van der Waals surface area contributed by atoms with Crippen LogP contribution in [0.3, 0.4) is 0 Å². The Labute approximate surface area is 197 Å². The van der Waals surface area contributed by atoms with E-state index in [1.807, 2.05) is 30.3 Å². The molecule has 0 bridgehead atoms. The molecule has 12 nitrogen and oxygen atoms in total. The summed E-state index contributed by atoms with van der Waals surface area (Å²) >= 11 is 1.48. The third-order valence-corrected chi connectivity index (χ3v) is 5.74. The van der Waals surface area contributed by atoms with Gasteiger partial charge in [0.25, 0.3) is 5.91 Å². The molecule has 4 rings (SSSR count). The molecule has 0 aliphatic heterocycles. The molecular weight excluding hydrogens is 460 g/mol. The van der Waals surface area contributed by atoms with Gasteiger partial charge < -0.3 is 15.6 Å². The number of carbonyl (C=O) groups excluding carboxylic acids is 1. The standard InChI is InChI=1S/C21H20N8O4S/c1-12(13-8-9-16(30)17(10-13)32-2)23-25-21(31)18-15(11-34-14-6-4-3-5-7-14)29(28-24-18)20-19(22)26-33-27-20/h3-10,30H,11H2,1-2H3,(H2,22,26)(H,25,31)/b23-12-. The molecule has 0 atom stereocenters. The summed E-state index contributed by atoms with van der Waals surface area (Å²) in [6, 6.07) is 14.4. The molecule has 0 radical (unpaired) electrons. The monoisotopic (exact) mass is 480 g/mol. The van der Waals surface area contributed by atoms with Crippen LogP contribution in [0, 0.1) is 0 Å². The van der Waals surface area contributed by atoms with Crippen molar-refractivity contribution in [2.45, 2.75) is 17.6 Å². The number of carbonyl (C=O) groups is 1. The molecule has 174 valence electrons. The number of nitrogens with two attached hydrogens (primary N) is 1. The van der Waals surface area contributed by atoms with Gasteiger partial charge in [-0.05, 0) is 47.6 Å². The fourth-order valence-electron chi connectivity index (χ4n) is 2.94. The number of hydrogen-bond donors (Lipinski definition) is 3. The van der Waals surface area contributed by atoms with Gasteiger partial charge in [-0.15, -0.1) is 16.9 Å². The molecule has 2 aromatic carbocycles.